The van der Waals surface area contributed by atoms with Gasteiger partial charge in [0.05, 0.1) is 6.54 Å². The highest BCUT2D eigenvalue weighted by Crippen LogP contribution is 2.10. The van der Waals surface area contributed by atoms with Crippen molar-refractivity contribution in [2.24, 2.45) is 0 Å². The zero-order valence-corrected chi connectivity index (χ0v) is 15.1. The molecule has 2 aromatic rings. The average Bonchev–Trinajstić information content (AvgIpc) is 2.66. The summed E-state index contributed by atoms with van der Waals surface area (Å²) in [6, 6.07) is 7.44. The molecule has 1 N–H and O–H groups in total. The molecule has 1 aliphatic rings. The van der Waals surface area contributed by atoms with Crippen LogP contribution in [0, 0.1) is 13.8 Å². The van der Waals surface area contributed by atoms with E-state index in [1.807, 2.05) is 32.0 Å². The third-order valence-electron chi connectivity index (χ3n) is 4.35. The lowest BCUT2D eigenvalue weighted by Gasteiger charge is -2.34. The van der Waals surface area contributed by atoms with E-state index in [2.05, 4.69) is 20.2 Å². The molecule has 7 heteroatoms. The van der Waals surface area contributed by atoms with Gasteiger partial charge in [0.1, 0.15) is 0 Å². The SMILES string of the molecule is Cc1cc(C)cc(C(=O)NCC(=O)N2CCN(c3ncccn3)CC2)c1. The van der Waals surface area contributed by atoms with Crippen molar-refractivity contribution >= 4 is 17.8 Å². The summed E-state index contributed by atoms with van der Waals surface area (Å²) < 4.78 is 0. The summed E-state index contributed by atoms with van der Waals surface area (Å²) >= 11 is 0. The van der Waals surface area contributed by atoms with Gasteiger partial charge in [0, 0.05) is 44.1 Å². The van der Waals surface area contributed by atoms with Crippen LogP contribution in [0.4, 0.5) is 5.95 Å². The molecule has 1 fully saturated rings. The van der Waals surface area contributed by atoms with E-state index >= 15 is 0 Å². The van der Waals surface area contributed by atoms with E-state index in [0.717, 1.165) is 11.1 Å². The molecule has 0 atom stereocenters. The summed E-state index contributed by atoms with van der Waals surface area (Å²) in [7, 11) is 0. The minimum atomic E-state index is -0.221. The first-order valence-electron chi connectivity index (χ1n) is 8.69. The second kappa shape index (κ2) is 7.95. The Bertz CT molecular complexity index is 766. The quantitative estimate of drug-likeness (QED) is 0.893. The van der Waals surface area contributed by atoms with Crippen molar-refractivity contribution in [3.05, 3.63) is 53.3 Å². The van der Waals surface area contributed by atoms with E-state index in [9.17, 15) is 9.59 Å². The van der Waals surface area contributed by atoms with Crippen LogP contribution >= 0.6 is 0 Å². The van der Waals surface area contributed by atoms with Crippen molar-refractivity contribution in [2.75, 3.05) is 37.6 Å². The second-order valence-electron chi connectivity index (χ2n) is 6.48. The Morgan fingerprint density at radius 1 is 1.00 bits per heavy atom. The minimum absolute atomic E-state index is 0.00760. The number of anilines is 1. The molecule has 1 saturated heterocycles. The molecule has 136 valence electrons. The maximum absolute atomic E-state index is 12.4. The van der Waals surface area contributed by atoms with E-state index < -0.39 is 0 Å². The largest absolute Gasteiger partial charge is 0.343 e. The molecule has 0 spiro atoms. The molecule has 0 radical (unpaired) electrons. The number of carbonyl (C=O) groups excluding carboxylic acids is 2. The van der Waals surface area contributed by atoms with E-state index in [-0.39, 0.29) is 18.4 Å². The molecule has 26 heavy (non-hydrogen) atoms. The van der Waals surface area contributed by atoms with Crippen LogP contribution in [-0.2, 0) is 4.79 Å². The second-order valence-corrected chi connectivity index (χ2v) is 6.48. The summed E-state index contributed by atoms with van der Waals surface area (Å²) in [6.07, 6.45) is 3.42. The number of aromatic nitrogens is 2. The topological polar surface area (TPSA) is 78.4 Å². The molecule has 2 amide bonds. The molecule has 7 nitrogen and oxygen atoms in total. The van der Waals surface area contributed by atoms with Gasteiger partial charge < -0.3 is 15.1 Å². The Morgan fingerprint density at radius 2 is 1.62 bits per heavy atom. The van der Waals surface area contributed by atoms with Crippen LogP contribution in [0.3, 0.4) is 0 Å². The van der Waals surface area contributed by atoms with E-state index in [4.69, 9.17) is 0 Å². The average molecular weight is 353 g/mol. The number of hydrogen-bond acceptors (Lipinski definition) is 5. The van der Waals surface area contributed by atoms with Crippen LogP contribution in [0.25, 0.3) is 0 Å². The Kier molecular flexibility index (Phi) is 5.46. The van der Waals surface area contributed by atoms with Crippen LogP contribution < -0.4 is 10.2 Å². The number of amides is 2. The fraction of sp³-hybridized carbons (Fsp3) is 0.368. The van der Waals surface area contributed by atoms with Crippen molar-refractivity contribution in [2.45, 2.75) is 13.8 Å². The Balaban J connectivity index is 1.49. The van der Waals surface area contributed by atoms with Gasteiger partial charge >= 0.3 is 0 Å². The lowest BCUT2D eigenvalue weighted by molar-refractivity contribution is -0.130. The number of benzene rings is 1. The number of aryl methyl sites for hydroxylation is 2. The summed E-state index contributed by atoms with van der Waals surface area (Å²) in [5.41, 5.74) is 2.64. The lowest BCUT2D eigenvalue weighted by Crippen LogP contribution is -2.51. The number of piperazine rings is 1. The normalized spacial score (nSPS) is 14.2. The molecular formula is C19H23N5O2. The summed E-state index contributed by atoms with van der Waals surface area (Å²) in [4.78, 5) is 36.9. The Labute approximate surface area is 153 Å². The molecular weight excluding hydrogens is 330 g/mol. The van der Waals surface area contributed by atoms with Gasteiger partial charge in [-0.05, 0) is 32.0 Å². The van der Waals surface area contributed by atoms with Crippen molar-refractivity contribution in [1.29, 1.82) is 0 Å². The molecule has 1 aliphatic heterocycles. The first-order chi connectivity index (χ1) is 12.5. The number of rotatable bonds is 4. The molecule has 0 bridgehead atoms. The predicted octanol–water partition coefficient (Wildman–Crippen LogP) is 1.17. The molecule has 3 rings (SSSR count). The number of nitrogens with zero attached hydrogens (tertiary/aromatic N) is 4. The molecule has 0 unspecified atom stereocenters. The number of carbonyl (C=O) groups is 2. The minimum Gasteiger partial charge on any atom is -0.343 e. The van der Waals surface area contributed by atoms with Gasteiger partial charge in [-0.15, -0.1) is 0 Å². The summed E-state index contributed by atoms with van der Waals surface area (Å²) in [6.45, 7) is 6.46. The van der Waals surface area contributed by atoms with Gasteiger partial charge in [-0.2, -0.15) is 0 Å². The van der Waals surface area contributed by atoms with Crippen LogP contribution in [0.1, 0.15) is 21.5 Å². The van der Waals surface area contributed by atoms with E-state index in [1.54, 1.807) is 23.4 Å². The van der Waals surface area contributed by atoms with Crippen molar-refractivity contribution < 1.29 is 9.59 Å². The molecule has 0 aliphatic carbocycles. The van der Waals surface area contributed by atoms with Crippen LogP contribution in [0.15, 0.2) is 36.7 Å². The highest BCUT2D eigenvalue weighted by Gasteiger charge is 2.22. The van der Waals surface area contributed by atoms with Crippen LogP contribution in [-0.4, -0.2) is 59.4 Å². The van der Waals surface area contributed by atoms with Gasteiger partial charge in [0.15, 0.2) is 0 Å². The number of hydrogen-bond donors (Lipinski definition) is 1. The van der Waals surface area contributed by atoms with Crippen molar-refractivity contribution in [1.82, 2.24) is 20.2 Å². The third kappa shape index (κ3) is 4.36. The van der Waals surface area contributed by atoms with E-state index in [0.29, 0.717) is 37.7 Å². The standard InChI is InChI=1S/C19H23N5O2/c1-14-10-15(2)12-16(11-14)18(26)22-13-17(25)23-6-8-24(9-7-23)19-20-4-3-5-21-19/h3-5,10-12H,6-9,13H2,1-2H3,(H,22,26). The van der Waals surface area contributed by atoms with Gasteiger partial charge in [-0.25, -0.2) is 9.97 Å². The number of nitrogens with one attached hydrogen (secondary N) is 1. The zero-order chi connectivity index (χ0) is 18.5. The first-order valence-corrected chi connectivity index (χ1v) is 8.69. The van der Waals surface area contributed by atoms with Gasteiger partial charge in [0.25, 0.3) is 5.91 Å². The van der Waals surface area contributed by atoms with Crippen molar-refractivity contribution in [3.63, 3.8) is 0 Å². The Morgan fingerprint density at radius 3 is 2.23 bits per heavy atom. The fourth-order valence-corrected chi connectivity index (χ4v) is 3.09. The molecule has 1 aromatic heterocycles. The van der Waals surface area contributed by atoms with Crippen LogP contribution in [0.5, 0.6) is 0 Å². The summed E-state index contributed by atoms with van der Waals surface area (Å²) in [5.74, 6) is 0.389. The molecule has 1 aromatic carbocycles. The van der Waals surface area contributed by atoms with Crippen LogP contribution in [0.2, 0.25) is 0 Å². The first kappa shape index (κ1) is 17.8. The molecule has 2 heterocycles. The third-order valence-corrected chi connectivity index (χ3v) is 4.35. The van der Waals surface area contributed by atoms with Gasteiger partial charge in [0.2, 0.25) is 11.9 Å². The Hall–Kier alpha value is -2.96. The fourth-order valence-electron chi connectivity index (χ4n) is 3.09. The maximum atomic E-state index is 12.4. The highest BCUT2D eigenvalue weighted by molar-refractivity contribution is 5.96. The van der Waals surface area contributed by atoms with E-state index in [1.165, 1.54) is 0 Å². The smallest absolute Gasteiger partial charge is 0.251 e. The zero-order valence-electron chi connectivity index (χ0n) is 15.1. The monoisotopic (exact) mass is 353 g/mol. The maximum Gasteiger partial charge on any atom is 0.251 e. The van der Waals surface area contributed by atoms with Gasteiger partial charge in [-0.1, -0.05) is 17.2 Å². The van der Waals surface area contributed by atoms with Crippen molar-refractivity contribution in [3.8, 4) is 0 Å². The summed E-state index contributed by atoms with van der Waals surface area (Å²) in [5, 5.41) is 2.72. The lowest BCUT2D eigenvalue weighted by atomic mass is 10.1. The van der Waals surface area contributed by atoms with Gasteiger partial charge in [-0.3, -0.25) is 9.59 Å². The predicted molar refractivity (Wildman–Crippen MR) is 99.1 cm³/mol. The highest BCUT2D eigenvalue weighted by atomic mass is 16.2. The molecule has 0 saturated carbocycles.